The summed E-state index contributed by atoms with van der Waals surface area (Å²) in [6.45, 7) is 0.742. The Morgan fingerprint density at radius 3 is 2.88 bits per heavy atom. The molecule has 0 unspecified atom stereocenters. The molecule has 0 amide bonds. The Labute approximate surface area is 104 Å². The van der Waals surface area contributed by atoms with Gasteiger partial charge in [0.1, 0.15) is 0 Å². The largest absolute Gasteiger partial charge is 0.472 e. The van der Waals surface area contributed by atoms with Crippen molar-refractivity contribution in [1.82, 2.24) is 0 Å². The summed E-state index contributed by atoms with van der Waals surface area (Å²) in [5.41, 5.74) is 2.13. The molecule has 0 saturated heterocycles. The predicted molar refractivity (Wildman–Crippen MR) is 69.3 cm³/mol. The summed E-state index contributed by atoms with van der Waals surface area (Å²) >= 11 is 7.76. The number of anilines is 1. The second-order valence-electron chi connectivity index (χ2n) is 3.33. The van der Waals surface area contributed by atoms with Gasteiger partial charge >= 0.3 is 0 Å². The third-order valence-electron chi connectivity index (χ3n) is 2.23. The first-order valence-electron chi connectivity index (χ1n) is 4.88. The van der Waals surface area contributed by atoms with E-state index < -0.39 is 0 Å². The molecule has 1 heterocycles. The van der Waals surface area contributed by atoms with Gasteiger partial charge < -0.3 is 9.73 Å². The smallest absolute Gasteiger partial charge is 0.0952 e. The second-order valence-corrected chi connectivity index (χ2v) is 4.59. The molecular formula is C12H12ClNOS. The van der Waals surface area contributed by atoms with Crippen molar-refractivity contribution in [2.75, 3.05) is 11.6 Å². The van der Waals surface area contributed by atoms with Crippen molar-refractivity contribution in [2.45, 2.75) is 11.4 Å². The lowest BCUT2D eigenvalue weighted by molar-refractivity contribution is 0.564. The number of benzene rings is 1. The normalized spacial score (nSPS) is 10.4. The van der Waals surface area contributed by atoms with Crippen molar-refractivity contribution >= 4 is 29.1 Å². The zero-order valence-corrected chi connectivity index (χ0v) is 10.4. The zero-order valence-electron chi connectivity index (χ0n) is 8.87. The van der Waals surface area contributed by atoms with Crippen LogP contribution in [0.2, 0.25) is 5.02 Å². The van der Waals surface area contributed by atoms with E-state index in [1.807, 2.05) is 30.5 Å². The maximum absolute atomic E-state index is 6.11. The minimum absolute atomic E-state index is 0.742. The van der Waals surface area contributed by atoms with Crippen LogP contribution in [0, 0.1) is 0 Å². The molecule has 4 heteroatoms. The molecule has 0 atom stereocenters. The molecule has 0 aliphatic rings. The van der Waals surface area contributed by atoms with Gasteiger partial charge in [0.25, 0.3) is 0 Å². The molecule has 1 aromatic carbocycles. The minimum atomic E-state index is 0.742. The molecule has 0 aliphatic carbocycles. The summed E-state index contributed by atoms with van der Waals surface area (Å²) in [4.78, 5) is 1.09. The minimum Gasteiger partial charge on any atom is -0.472 e. The zero-order chi connectivity index (χ0) is 11.4. The van der Waals surface area contributed by atoms with Crippen molar-refractivity contribution in [3.05, 3.63) is 47.4 Å². The van der Waals surface area contributed by atoms with Gasteiger partial charge in [-0.1, -0.05) is 11.6 Å². The van der Waals surface area contributed by atoms with E-state index in [-0.39, 0.29) is 0 Å². The topological polar surface area (TPSA) is 25.2 Å². The number of furan rings is 1. The maximum Gasteiger partial charge on any atom is 0.0952 e. The van der Waals surface area contributed by atoms with E-state index in [4.69, 9.17) is 16.0 Å². The standard InChI is InChI=1S/C12H12ClNOS/c1-16-12-3-2-10(6-11(12)13)14-7-9-4-5-15-8-9/h2-6,8,14H,7H2,1H3. The summed E-state index contributed by atoms with van der Waals surface area (Å²) in [6.07, 6.45) is 5.41. The van der Waals surface area contributed by atoms with E-state index in [1.54, 1.807) is 24.3 Å². The molecule has 16 heavy (non-hydrogen) atoms. The lowest BCUT2D eigenvalue weighted by Gasteiger charge is -2.07. The molecule has 0 saturated carbocycles. The maximum atomic E-state index is 6.11. The van der Waals surface area contributed by atoms with Gasteiger partial charge in [-0.05, 0) is 30.5 Å². The van der Waals surface area contributed by atoms with Crippen LogP contribution in [0.4, 0.5) is 5.69 Å². The van der Waals surface area contributed by atoms with Crippen LogP contribution in [0.15, 0.2) is 46.1 Å². The Morgan fingerprint density at radius 1 is 1.38 bits per heavy atom. The molecule has 2 rings (SSSR count). The molecule has 0 spiro atoms. The van der Waals surface area contributed by atoms with Crippen LogP contribution in [-0.4, -0.2) is 6.26 Å². The van der Waals surface area contributed by atoms with E-state index in [9.17, 15) is 0 Å². The van der Waals surface area contributed by atoms with E-state index >= 15 is 0 Å². The van der Waals surface area contributed by atoms with E-state index in [0.29, 0.717) is 0 Å². The first-order chi connectivity index (χ1) is 7.79. The molecule has 0 fully saturated rings. The van der Waals surface area contributed by atoms with Gasteiger partial charge in [0.2, 0.25) is 0 Å². The molecule has 1 N–H and O–H groups in total. The van der Waals surface area contributed by atoms with Gasteiger partial charge in [-0.3, -0.25) is 0 Å². The van der Waals surface area contributed by atoms with Gasteiger partial charge in [0, 0.05) is 22.7 Å². The van der Waals surface area contributed by atoms with Gasteiger partial charge in [0.15, 0.2) is 0 Å². The van der Waals surface area contributed by atoms with Crippen molar-refractivity contribution in [2.24, 2.45) is 0 Å². The molecule has 0 aliphatic heterocycles. The van der Waals surface area contributed by atoms with E-state index in [1.165, 1.54) is 0 Å². The molecule has 2 nitrogen and oxygen atoms in total. The number of thioether (sulfide) groups is 1. The van der Waals surface area contributed by atoms with Crippen molar-refractivity contribution in [1.29, 1.82) is 0 Å². The number of hydrogen-bond donors (Lipinski definition) is 1. The van der Waals surface area contributed by atoms with Crippen LogP contribution in [0.1, 0.15) is 5.56 Å². The number of halogens is 1. The first kappa shape index (κ1) is 11.4. The molecule has 84 valence electrons. The van der Waals surface area contributed by atoms with Crippen LogP contribution < -0.4 is 5.32 Å². The summed E-state index contributed by atoms with van der Waals surface area (Å²) in [5.74, 6) is 0. The van der Waals surface area contributed by atoms with Crippen LogP contribution in [-0.2, 0) is 6.54 Å². The molecule has 1 aromatic heterocycles. The van der Waals surface area contributed by atoms with Crippen molar-refractivity contribution in [3.8, 4) is 0 Å². The highest BCUT2D eigenvalue weighted by Crippen LogP contribution is 2.28. The van der Waals surface area contributed by atoms with Crippen LogP contribution >= 0.6 is 23.4 Å². The fourth-order valence-electron chi connectivity index (χ4n) is 1.37. The lowest BCUT2D eigenvalue weighted by Crippen LogP contribution is -1.97. The summed E-state index contributed by atoms with van der Waals surface area (Å²) in [7, 11) is 0. The highest BCUT2D eigenvalue weighted by atomic mass is 35.5. The number of nitrogens with one attached hydrogen (secondary N) is 1. The number of hydrogen-bond acceptors (Lipinski definition) is 3. The first-order valence-corrected chi connectivity index (χ1v) is 6.48. The highest BCUT2D eigenvalue weighted by Gasteiger charge is 2.01. The Kier molecular flexibility index (Phi) is 3.80. The molecular weight excluding hydrogens is 242 g/mol. The third kappa shape index (κ3) is 2.74. The van der Waals surface area contributed by atoms with Gasteiger partial charge in [-0.2, -0.15) is 0 Å². The molecule has 0 bridgehead atoms. The second kappa shape index (κ2) is 5.32. The SMILES string of the molecule is CSc1ccc(NCc2ccoc2)cc1Cl. The summed E-state index contributed by atoms with van der Waals surface area (Å²) in [6, 6.07) is 7.92. The lowest BCUT2D eigenvalue weighted by atomic mass is 10.3. The van der Waals surface area contributed by atoms with Gasteiger partial charge in [-0.25, -0.2) is 0 Å². The van der Waals surface area contributed by atoms with Crippen LogP contribution in [0.25, 0.3) is 0 Å². The van der Waals surface area contributed by atoms with E-state index in [0.717, 1.165) is 27.7 Å². The third-order valence-corrected chi connectivity index (χ3v) is 3.45. The Bertz CT molecular complexity index is 456. The monoisotopic (exact) mass is 253 g/mol. The summed E-state index contributed by atoms with van der Waals surface area (Å²) in [5, 5.41) is 4.07. The fraction of sp³-hybridized carbons (Fsp3) is 0.167. The fourth-order valence-corrected chi connectivity index (χ4v) is 2.24. The van der Waals surface area contributed by atoms with Gasteiger partial charge in [0.05, 0.1) is 17.5 Å². The van der Waals surface area contributed by atoms with Crippen molar-refractivity contribution < 1.29 is 4.42 Å². The molecule has 0 radical (unpaired) electrons. The Hall–Kier alpha value is -1.06. The van der Waals surface area contributed by atoms with Crippen LogP contribution in [0.5, 0.6) is 0 Å². The quantitative estimate of drug-likeness (QED) is 0.824. The predicted octanol–water partition coefficient (Wildman–Crippen LogP) is 4.27. The van der Waals surface area contributed by atoms with Gasteiger partial charge in [-0.15, -0.1) is 11.8 Å². The van der Waals surface area contributed by atoms with Crippen LogP contribution in [0.3, 0.4) is 0 Å². The summed E-state index contributed by atoms with van der Waals surface area (Å²) < 4.78 is 4.99. The van der Waals surface area contributed by atoms with Crippen molar-refractivity contribution in [3.63, 3.8) is 0 Å². The Morgan fingerprint density at radius 2 is 2.25 bits per heavy atom. The molecule has 2 aromatic rings. The number of rotatable bonds is 4. The average molecular weight is 254 g/mol. The highest BCUT2D eigenvalue weighted by molar-refractivity contribution is 7.98. The Balaban J connectivity index is 2.02. The average Bonchev–Trinajstić information content (AvgIpc) is 2.79. The van der Waals surface area contributed by atoms with E-state index in [2.05, 4.69) is 5.32 Å².